The number of allylic oxidation sites excluding steroid dienone is 9. The number of aliphatic hydroxyl groups excluding tert-OH is 8. The van der Waals surface area contributed by atoms with Crippen LogP contribution in [0.4, 0.5) is 0 Å². The third kappa shape index (κ3) is 35.7. The van der Waals surface area contributed by atoms with Crippen molar-refractivity contribution in [3.8, 4) is 0 Å². The van der Waals surface area contributed by atoms with E-state index in [1.807, 2.05) is 6.08 Å². The van der Waals surface area contributed by atoms with Gasteiger partial charge in [0.05, 0.1) is 32.0 Å². The van der Waals surface area contributed by atoms with Crippen LogP contribution in [0.1, 0.15) is 258 Å². The van der Waals surface area contributed by atoms with Gasteiger partial charge in [0.2, 0.25) is 5.91 Å². The molecule has 12 atom stereocenters. The Balaban J connectivity index is 1.66. The normalized spacial score (nSPS) is 24.6. The molecule has 2 rings (SSSR count). The van der Waals surface area contributed by atoms with Crippen molar-refractivity contribution in [2.45, 2.75) is 331 Å². The summed E-state index contributed by atoms with van der Waals surface area (Å²) in [5.41, 5.74) is 0. The van der Waals surface area contributed by atoms with Gasteiger partial charge >= 0.3 is 0 Å². The standard InChI is InChI=1S/C66H119NO13/c1-3-5-7-9-11-13-15-17-19-20-21-22-23-24-25-26-27-28-29-30-31-32-33-34-36-38-40-42-44-46-48-50-58(71)67-54(55(70)49-47-45-43-41-39-37-35-18-16-14-12-10-8-6-4-2)53-77-65-63(76)61(74)64(57(52-69)79-65)80-66-62(75)60(73)59(72)56(51-68)78-66/h5,7,11,13,17,19,21-22,47,49,54-57,59-66,68-70,72-76H,3-4,6,8-10,12,14-16,18,20,23-46,48,50-53H2,1-2H3,(H,67,71)/b7-5-,13-11-,19-17-,22-21-,49-47+. The summed E-state index contributed by atoms with van der Waals surface area (Å²) in [6.45, 7) is 2.70. The molecule has 2 fully saturated rings. The minimum absolute atomic E-state index is 0.238. The van der Waals surface area contributed by atoms with E-state index in [1.165, 1.54) is 167 Å². The molecule has 80 heavy (non-hydrogen) atoms. The molecule has 2 aliphatic rings. The van der Waals surface area contributed by atoms with Gasteiger partial charge in [0.25, 0.3) is 0 Å². The topological polar surface area (TPSA) is 228 Å². The lowest BCUT2D eigenvalue weighted by Gasteiger charge is -2.46. The van der Waals surface area contributed by atoms with Crippen LogP contribution in [0.3, 0.4) is 0 Å². The number of ether oxygens (including phenoxy) is 4. The molecular formula is C66H119NO13. The van der Waals surface area contributed by atoms with Crippen molar-refractivity contribution in [2.24, 2.45) is 0 Å². The second-order valence-corrected chi connectivity index (χ2v) is 22.9. The average Bonchev–Trinajstić information content (AvgIpc) is 3.46. The predicted molar refractivity (Wildman–Crippen MR) is 323 cm³/mol. The Morgan fingerprint density at radius 1 is 0.463 bits per heavy atom. The summed E-state index contributed by atoms with van der Waals surface area (Å²) < 4.78 is 22.8. The van der Waals surface area contributed by atoms with E-state index < -0.39 is 86.8 Å². The molecule has 1 amide bonds. The zero-order chi connectivity index (χ0) is 58.1. The van der Waals surface area contributed by atoms with Crippen LogP contribution in [-0.2, 0) is 23.7 Å². The van der Waals surface area contributed by atoms with Crippen molar-refractivity contribution in [3.63, 3.8) is 0 Å². The molecule has 0 saturated carbocycles. The van der Waals surface area contributed by atoms with E-state index in [0.29, 0.717) is 6.42 Å². The van der Waals surface area contributed by atoms with Gasteiger partial charge in [0.15, 0.2) is 12.6 Å². The fourth-order valence-corrected chi connectivity index (χ4v) is 10.5. The molecule has 2 aliphatic heterocycles. The Kier molecular flexibility index (Phi) is 47.2. The summed E-state index contributed by atoms with van der Waals surface area (Å²) in [4.78, 5) is 13.3. The number of nitrogens with one attached hydrogen (secondary N) is 1. The molecule has 0 aromatic rings. The quantitative estimate of drug-likeness (QED) is 0.0204. The monoisotopic (exact) mass is 1130 g/mol. The predicted octanol–water partition coefficient (Wildman–Crippen LogP) is 12.1. The maximum atomic E-state index is 13.3. The number of carbonyl (C=O) groups is 1. The number of rotatable bonds is 52. The van der Waals surface area contributed by atoms with Crippen LogP contribution < -0.4 is 5.32 Å². The van der Waals surface area contributed by atoms with Crippen LogP contribution in [0.15, 0.2) is 60.8 Å². The van der Waals surface area contributed by atoms with Crippen LogP contribution in [0.2, 0.25) is 0 Å². The van der Waals surface area contributed by atoms with E-state index in [2.05, 4.69) is 67.8 Å². The molecule has 14 nitrogen and oxygen atoms in total. The van der Waals surface area contributed by atoms with Crippen molar-refractivity contribution >= 4 is 5.91 Å². The SMILES string of the molecule is CC/C=C\C/C=C\C/C=C\C/C=C\CCCCCCCCCCCCCCCCCCCCC(=O)NC(COC1OC(CO)C(OC2OC(CO)C(O)C(O)C2O)C(O)C1O)C(O)/C=C/CCCCCCCCCCCCCCC. The van der Waals surface area contributed by atoms with Crippen LogP contribution in [0, 0.1) is 0 Å². The third-order valence-corrected chi connectivity index (χ3v) is 15.7. The zero-order valence-electron chi connectivity index (χ0n) is 50.3. The third-order valence-electron chi connectivity index (χ3n) is 15.7. The molecule has 2 saturated heterocycles. The van der Waals surface area contributed by atoms with E-state index >= 15 is 0 Å². The Labute approximate surface area is 486 Å². The summed E-state index contributed by atoms with van der Waals surface area (Å²) in [7, 11) is 0. The van der Waals surface area contributed by atoms with Crippen LogP contribution in [-0.4, -0.2) is 140 Å². The largest absolute Gasteiger partial charge is 0.394 e. The Morgan fingerprint density at radius 2 is 0.863 bits per heavy atom. The Morgan fingerprint density at radius 3 is 1.32 bits per heavy atom. The van der Waals surface area contributed by atoms with Gasteiger partial charge < -0.3 is 65.1 Å². The number of amides is 1. The molecule has 0 aromatic carbocycles. The van der Waals surface area contributed by atoms with Gasteiger partial charge in [0.1, 0.15) is 48.8 Å². The molecule has 0 radical (unpaired) electrons. The lowest BCUT2D eigenvalue weighted by Crippen LogP contribution is -2.65. The summed E-state index contributed by atoms with van der Waals surface area (Å²) in [5.74, 6) is -0.238. The maximum absolute atomic E-state index is 13.3. The first-order valence-electron chi connectivity index (χ1n) is 32.5. The number of hydrogen-bond acceptors (Lipinski definition) is 13. The van der Waals surface area contributed by atoms with E-state index in [4.69, 9.17) is 18.9 Å². The van der Waals surface area contributed by atoms with Gasteiger partial charge in [-0.3, -0.25) is 4.79 Å². The smallest absolute Gasteiger partial charge is 0.220 e. The molecule has 0 aromatic heterocycles. The van der Waals surface area contributed by atoms with Gasteiger partial charge in [-0.2, -0.15) is 0 Å². The number of carbonyl (C=O) groups excluding carboxylic acids is 1. The second kappa shape index (κ2) is 51.1. The molecule has 12 unspecified atom stereocenters. The minimum Gasteiger partial charge on any atom is -0.394 e. The van der Waals surface area contributed by atoms with Crippen molar-refractivity contribution < 1.29 is 64.6 Å². The minimum atomic E-state index is -1.79. The molecule has 9 N–H and O–H groups in total. The Hall–Kier alpha value is -2.31. The van der Waals surface area contributed by atoms with Crippen molar-refractivity contribution in [2.75, 3.05) is 19.8 Å². The van der Waals surface area contributed by atoms with Gasteiger partial charge in [-0.15, -0.1) is 0 Å². The van der Waals surface area contributed by atoms with E-state index in [-0.39, 0.29) is 18.9 Å². The first-order chi connectivity index (χ1) is 39.1. The molecule has 0 aliphatic carbocycles. The molecule has 0 bridgehead atoms. The number of hydrogen-bond donors (Lipinski definition) is 9. The number of unbranched alkanes of at least 4 members (excludes halogenated alkanes) is 31. The highest BCUT2D eigenvalue weighted by Crippen LogP contribution is 2.30. The lowest BCUT2D eigenvalue weighted by molar-refractivity contribution is -0.359. The van der Waals surface area contributed by atoms with Crippen LogP contribution in [0.25, 0.3) is 0 Å². The molecular weight excluding hydrogens is 1010 g/mol. The van der Waals surface area contributed by atoms with Gasteiger partial charge in [0, 0.05) is 6.42 Å². The molecule has 2 heterocycles. The van der Waals surface area contributed by atoms with Gasteiger partial charge in [-0.25, -0.2) is 0 Å². The molecule has 466 valence electrons. The van der Waals surface area contributed by atoms with Crippen molar-refractivity contribution in [1.82, 2.24) is 5.32 Å². The van der Waals surface area contributed by atoms with Gasteiger partial charge in [-0.1, -0.05) is 254 Å². The first kappa shape index (κ1) is 73.8. The number of aliphatic hydroxyl groups is 8. The van der Waals surface area contributed by atoms with E-state index in [1.54, 1.807) is 6.08 Å². The average molecular weight is 1130 g/mol. The second-order valence-electron chi connectivity index (χ2n) is 22.9. The molecule has 0 spiro atoms. The maximum Gasteiger partial charge on any atom is 0.220 e. The van der Waals surface area contributed by atoms with Crippen LogP contribution >= 0.6 is 0 Å². The van der Waals surface area contributed by atoms with E-state index in [9.17, 15) is 45.6 Å². The summed E-state index contributed by atoms with van der Waals surface area (Å²) in [6, 6.07) is -0.915. The lowest BCUT2D eigenvalue weighted by atomic mass is 9.97. The summed E-state index contributed by atoms with van der Waals surface area (Å²) in [5, 5.41) is 87.2. The summed E-state index contributed by atoms with van der Waals surface area (Å²) >= 11 is 0. The fraction of sp³-hybridized carbons (Fsp3) is 0.833. The van der Waals surface area contributed by atoms with Crippen molar-refractivity contribution in [1.29, 1.82) is 0 Å². The van der Waals surface area contributed by atoms with Crippen LogP contribution in [0.5, 0.6) is 0 Å². The Bertz CT molecular complexity index is 1570. The highest BCUT2D eigenvalue weighted by Gasteiger charge is 2.51. The highest BCUT2D eigenvalue weighted by atomic mass is 16.7. The van der Waals surface area contributed by atoms with Gasteiger partial charge in [-0.05, 0) is 57.8 Å². The van der Waals surface area contributed by atoms with E-state index in [0.717, 1.165) is 64.2 Å². The van der Waals surface area contributed by atoms with Crippen molar-refractivity contribution in [3.05, 3.63) is 60.8 Å². The zero-order valence-corrected chi connectivity index (χ0v) is 50.3. The fourth-order valence-electron chi connectivity index (χ4n) is 10.5. The highest BCUT2D eigenvalue weighted by molar-refractivity contribution is 5.76. The summed E-state index contributed by atoms with van der Waals surface area (Å²) in [6.07, 6.45) is 49.8. The first-order valence-corrected chi connectivity index (χ1v) is 32.5. The molecule has 14 heteroatoms.